The molecule has 6 fully saturated rings. The number of carbonyl (C=O) groups is 2. The molecule has 0 aromatic carbocycles. The van der Waals surface area contributed by atoms with Crippen LogP contribution in [-0.2, 0) is 9.59 Å². The summed E-state index contributed by atoms with van der Waals surface area (Å²) in [6.45, 7) is 0. The summed E-state index contributed by atoms with van der Waals surface area (Å²) in [5.74, 6) is -2.17. The van der Waals surface area contributed by atoms with Crippen LogP contribution in [0.25, 0.3) is 0 Å². The summed E-state index contributed by atoms with van der Waals surface area (Å²) in [4.78, 5) is 19.7. The van der Waals surface area contributed by atoms with Crippen LogP contribution < -0.4 is 10.2 Å². The summed E-state index contributed by atoms with van der Waals surface area (Å²) >= 11 is -2.30. The summed E-state index contributed by atoms with van der Waals surface area (Å²) in [5.41, 5.74) is 0. The third-order valence-corrected chi connectivity index (χ3v) is 39.8. The van der Waals surface area contributed by atoms with E-state index in [1.54, 1.807) is 193 Å². The maximum Gasteiger partial charge on any atom is 0.0414 e. The average molecular weight is 894 g/mol. The first-order valence-corrected chi connectivity index (χ1v) is 32.0. The Morgan fingerprint density at radius 3 is 0.673 bits per heavy atom. The van der Waals surface area contributed by atoms with Crippen molar-refractivity contribution in [1.29, 1.82) is 0 Å². The summed E-state index contributed by atoms with van der Waals surface area (Å²) < 4.78 is 7.93. The van der Waals surface area contributed by atoms with E-state index in [1.165, 1.54) is 23.6 Å². The molecule has 0 aromatic heterocycles. The molecule has 6 aliphatic rings. The number of hydrogen-bond acceptors (Lipinski definition) is 4. The van der Waals surface area contributed by atoms with Gasteiger partial charge in [-0.2, -0.15) is 0 Å². The van der Waals surface area contributed by atoms with Gasteiger partial charge in [-0.1, -0.05) is 6.42 Å². The van der Waals surface area contributed by atoms with Crippen molar-refractivity contribution in [3.05, 3.63) is 0 Å². The van der Waals surface area contributed by atoms with Crippen LogP contribution in [0.2, 0.25) is 23.6 Å². The van der Waals surface area contributed by atoms with Gasteiger partial charge in [0.05, 0.1) is 0 Å². The molecule has 6 heteroatoms. The Hall–Kier alpha value is 0.537. The Morgan fingerprint density at radius 2 is 0.510 bits per heavy atom. The smallest absolute Gasteiger partial charge is 0.0414 e. The van der Waals surface area contributed by atoms with Gasteiger partial charge >= 0.3 is 256 Å². The van der Waals surface area contributed by atoms with Gasteiger partial charge in [-0.15, -0.1) is 0 Å². The third-order valence-electron chi connectivity index (χ3n) is 13.7. The van der Waals surface area contributed by atoms with Crippen LogP contribution in [0.5, 0.6) is 0 Å². The molecule has 0 unspecified atom stereocenters. The number of carboxylic acids is 2. The molecule has 0 heterocycles. The number of rotatable bonds is 12. The molecule has 6 rings (SSSR count). The van der Waals surface area contributed by atoms with Gasteiger partial charge < -0.3 is 19.8 Å². The second-order valence-corrected chi connectivity index (χ2v) is 37.0. The number of aliphatic carboxylic acids is 2. The van der Waals surface area contributed by atoms with Gasteiger partial charge in [-0.3, -0.25) is 0 Å². The molecule has 6 aliphatic carbocycles. The van der Waals surface area contributed by atoms with E-state index < -0.39 is 51.5 Å². The fourth-order valence-corrected chi connectivity index (χ4v) is 41.2. The number of carbonyl (C=O) groups excluding carboxylic acids is 2. The van der Waals surface area contributed by atoms with Crippen LogP contribution in [0.15, 0.2) is 0 Å². The van der Waals surface area contributed by atoms with E-state index in [4.69, 9.17) is 0 Å². The molecule has 0 atom stereocenters. The topological polar surface area (TPSA) is 80.3 Å². The van der Waals surface area contributed by atoms with Crippen LogP contribution in [-0.4, -0.2) is 51.5 Å². The molecule has 4 nitrogen and oxygen atoms in total. The maximum absolute atomic E-state index is 9.86. The van der Waals surface area contributed by atoms with Gasteiger partial charge in [0.25, 0.3) is 0 Å². The molecule has 0 saturated heterocycles. The Bertz CT molecular complexity index is 705. The van der Waals surface area contributed by atoms with E-state index in [1.807, 2.05) is 0 Å². The van der Waals surface area contributed by atoms with Crippen molar-refractivity contribution in [1.82, 2.24) is 0 Å². The Balaban J connectivity index is 0.000000173. The Labute approximate surface area is 317 Å². The fourth-order valence-electron chi connectivity index (χ4n) is 11.3. The number of carboxylic acid groups (broad SMARTS) is 2. The minimum atomic E-state index is -1.15. The van der Waals surface area contributed by atoms with Crippen LogP contribution in [0.3, 0.4) is 0 Å². The van der Waals surface area contributed by atoms with E-state index in [2.05, 4.69) is 0 Å². The minimum Gasteiger partial charge on any atom is -0.550 e. The second-order valence-electron chi connectivity index (χ2n) is 17.3. The maximum atomic E-state index is 9.86. The first-order valence-electron chi connectivity index (χ1n) is 22.2. The zero-order chi connectivity index (χ0) is 34.5. The van der Waals surface area contributed by atoms with E-state index in [-0.39, 0.29) is 12.8 Å². The van der Waals surface area contributed by atoms with Crippen molar-refractivity contribution in [3.8, 4) is 0 Å². The zero-order valence-electron chi connectivity index (χ0n) is 31.8. The molecule has 0 N–H and O–H groups in total. The van der Waals surface area contributed by atoms with Gasteiger partial charge in [-0.25, -0.2) is 0 Å². The molecule has 0 aliphatic heterocycles. The van der Waals surface area contributed by atoms with Crippen molar-refractivity contribution in [2.45, 2.75) is 248 Å². The van der Waals surface area contributed by atoms with Crippen LogP contribution >= 0.6 is 0 Å². The van der Waals surface area contributed by atoms with Gasteiger partial charge in [0, 0.05) is 11.9 Å². The largest absolute Gasteiger partial charge is 0.550 e. The fraction of sp³-hybridized carbons (Fsp3) is 0.953. The SMILES string of the molecule is C1CC[CH]([Sn+]([CH]2CCCCC2)[CH]2CCCCC2)CC1.C1CC[CH]([Sn+]([CH]2CCCCC2)[CH]2CCCCC2)CC1.O=C([O-])CCCCCC(=O)[O-]. The predicted octanol–water partition coefficient (Wildman–Crippen LogP) is 11.4. The summed E-state index contributed by atoms with van der Waals surface area (Å²) in [5, 5.41) is 19.7. The Kier molecular flexibility index (Phi) is 22.0. The van der Waals surface area contributed by atoms with Crippen molar-refractivity contribution >= 4 is 51.5 Å². The van der Waals surface area contributed by atoms with Gasteiger partial charge in [-0.05, 0) is 25.7 Å². The monoisotopic (exact) mass is 896 g/mol. The van der Waals surface area contributed by atoms with Gasteiger partial charge in [0.2, 0.25) is 0 Å². The summed E-state index contributed by atoms with van der Waals surface area (Å²) in [6, 6.07) is 0. The van der Waals surface area contributed by atoms with Crippen molar-refractivity contribution < 1.29 is 19.8 Å². The van der Waals surface area contributed by atoms with E-state index in [0.717, 1.165) is 0 Å². The summed E-state index contributed by atoms with van der Waals surface area (Å²) in [6.07, 6.45) is 50.0. The molecule has 0 amide bonds. The van der Waals surface area contributed by atoms with Crippen molar-refractivity contribution in [2.75, 3.05) is 0 Å². The zero-order valence-corrected chi connectivity index (χ0v) is 37.6. The Morgan fingerprint density at radius 1 is 0.327 bits per heavy atom. The average Bonchev–Trinajstić information content (AvgIpc) is 3.15. The molecule has 0 spiro atoms. The molecule has 280 valence electrons. The molecule has 0 aromatic rings. The first-order chi connectivity index (χ1) is 24.0. The predicted molar refractivity (Wildman–Crippen MR) is 206 cm³/mol. The van der Waals surface area contributed by atoms with Crippen molar-refractivity contribution in [3.63, 3.8) is 0 Å². The third kappa shape index (κ3) is 16.2. The quantitative estimate of drug-likeness (QED) is 0.144. The van der Waals surface area contributed by atoms with Crippen LogP contribution in [0, 0.1) is 0 Å². The molecule has 0 bridgehead atoms. The summed E-state index contributed by atoms with van der Waals surface area (Å²) in [7, 11) is 0. The first kappa shape index (κ1) is 42.3. The number of hydrogen-bond donors (Lipinski definition) is 0. The van der Waals surface area contributed by atoms with Crippen LogP contribution in [0.4, 0.5) is 0 Å². The molecular weight excluding hydrogens is 818 g/mol. The standard InChI is InChI=1S/C7H12O4.6C6H11.2Sn/c8-6(9)4-2-1-3-5-7(10)11;6*1-2-4-6-5-3-1;;/h1-5H2,(H,8,9)(H,10,11);6*1H,2-6H2;;/q;;;;;;;2*+1/p-2. The van der Waals surface area contributed by atoms with Crippen molar-refractivity contribution in [2.24, 2.45) is 0 Å². The van der Waals surface area contributed by atoms with Gasteiger partial charge in [0.15, 0.2) is 0 Å². The van der Waals surface area contributed by atoms with Gasteiger partial charge in [0.1, 0.15) is 0 Å². The second kappa shape index (κ2) is 25.5. The molecule has 6 saturated carbocycles. The van der Waals surface area contributed by atoms with E-state index in [0.29, 0.717) is 19.3 Å². The molecular formula is C43H76O4Sn2. The van der Waals surface area contributed by atoms with E-state index >= 15 is 0 Å². The van der Waals surface area contributed by atoms with Crippen LogP contribution in [0.1, 0.15) is 225 Å². The molecule has 49 heavy (non-hydrogen) atoms. The van der Waals surface area contributed by atoms with E-state index in [9.17, 15) is 19.8 Å². The normalized spacial score (nSPS) is 24.2. The minimum absolute atomic E-state index is 0.00699. The molecule has 0 radical (unpaired) electrons. The number of unbranched alkanes of at least 4 members (excludes halogenated alkanes) is 2.